The van der Waals surface area contributed by atoms with Gasteiger partial charge in [-0.25, -0.2) is 4.39 Å². The van der Waals surface area contributed by atoms with Crippen LogP contribution in [-0.2, 0) is 6.61 Å². The number of benzene rings is 2. The molecule has 0 unspecified atom stereocenters. The van der Waals surface area contributed by atoms with E-state index >= 15 is 0 Å². The predicted molar refractivity (Wildman–Crippen MR) is 81.0 cm³/mol. The lowest BCUT2D eigenvalue weighted by Gasteiger charge is -2.16. The zero-order valence-electron chi connectivity index (χ0n) is 12.5. The predicted octanol–water partition coefficient (Wildman–Crippen LogP) is 4.63. The lowest BCUT2D eigenvalue weighted by molar-refractivity contribution is 0.0858. The van der Waals surface area contributed by atoms with Gasteiger partial charge in [-0.2, -0.15) is 0 Å². The van der Waals surface area contributed by atoms with Gasteiger partial charge in [0.1, 0.15) is 18.2 Å². The van der Waals surface area contributed by atoms with Gasteiger partial charge in [0.15, 0.2) is 5.78 Å². The van der Waals surface area contributed by atoms with Crippen molar-refractivity contribution in [3.63, 3.8) is 0 Å². The summed E-state index contributed by atoms with van der Waals surface area (Å²) in [7, 11) is 0. The Morgan fingerprint density at radius 2 is 1.76 bits per heavy atom. The molecule has 0 amide bonds. The van der Waals surface area contributed by atoms with Crippen LogP contribution in [0.5, 0.6) is 5.75 Å². The summed E-state index contributed by atoms with van der Waals surface area (Å²) >= 11 is 0. The van der Waals surface area contributed by atoms with E-state index in [2.05, 4.69) is 0 Å². The maximum Gasteiger partial charge on any atom is 0.168 e. The standard InChI is InChI=1S/C18H19FO2/c1-18(2,3)17(20)14-7-9-16(10-8-14)21-12-13-5-4-6-15(19)11-13/h4-11H,12H2,1-3H3. The van der Waals surface area contributed by atoms with Crippen LogP contribution in [0.25, 0.3) is 0 Å². The second kappa shape index (κ2) is 6.08. The molecule has 0 bridgehead atoms. The molecule has 0 radical (unpaired) electrons. The second-order valence-corrected chi connectivity index (χ2v) is 6.02. The molecular formula is C18H19FO2. The summed E-state index contributed by atoms with van der Waals surface area (Å²) < 4.78 is 18.6. The Kier molecular flexibility index (Phi) is 4.41. The highest BCUT2D eigenvalue weighted by Crippen LogP contribution is 2.22. The topological polar surface area (TPSA) is 26.3 Å². The van der Waals surface area contributed by atoms with Crippen molar-refractivity contribution in [3.05, 3.63) is 65.5 Å². The zero-order chi connectivity index (χ0) is 15.5. The Morgan fingerprint density at radius 3 is 2.33 bits per heavy atom. The molecule has 3 heteroatoms. The van der Waals surface area contributed by atoms with Crippen molar-refractivity contribution in [3.8, 4) is 5.75 Å². The van der Waals surface area contributed by atoms with Crippen molar-refractivity contribution in [2.24, 2.45) is 5.41 Å². The Hall–Kier alpha value is -2.16. The van der Waals surface area contributed by atoms with Crippen LogP contribution in [0.4, 0.5) is 4.39 Å². The van der Waals surface area contributed by atoms with Crippen LogP contribution in [0.1, 0.15) is 36.7 Å². The van der Waals surface area contributed by atoms with Gasteiger partial charge in [-0.05, 0) is 42.0 Å². The average molecular weight is 286 g/mol. The summed E-state index contributed by atoms with van der Waals surface area (Å²) in [5, 5.41) is 0. The van der Waals surface area contributed by atoms with Crippen molar-refractivity contribution < 1.29 is 13.9 Å². The maximum absolute atomic E-state index is 13.1. The van der Waals surface area contributed by atoms with E-state index in [0.29, 0.717) is 17.9 Å². The number of rotatable bonds is 4. The van der Waals surface area contributed by atoms with E-state index in [4.69, 9.17) is 4.74 Å². The van der Waals surface area contributed by atoms with Crippen molar-refractivity contribution in [1.82, 2.24) is 0 Å². The third-order valence-electron chi connectivity index (χ3n) is 3.09. The maximum atomic E-state index is 13.1. The molecule has 2 rings (SSSR count). The number of hydrogen-bond acceptors (Lipinski definition) is 2. The van der Waals surface area contributed by atoms with Gasteiger partial charge >= 0.3 is 0 Å². The molecule has 21 heavy (non-hydrogen) atoms. The molecule has 2 aromatic carbocycles. The summed E-state index contributed by atoms with van der Waals surface area (Å²) in [6.07, 6.45) is 0. The molecule has 0 spiro atoms. The van der Waals surface area contributed by atoms with Crippen molar-refractivity contribution >= 4 is 5.78 Å². The van der Waals surface area contributed by atoms with Gasteiger partial charge < -0.3 is 4.74 Å². The van der Waals surface area contributed by atoms with Gasteiger partial charge in [0.2, 0.25) is 0 Å². The fourth-order valence-electron chi connectivity index (χ4n) is 1.93. The smallest absolute Gasteiger partial charge is 0.168 e. The highest BCUT2D eigenvalue weighted by molar-refractivity contribution is 5.99. The van der Waals surface area contributed by atoms with Crippen LogP contribution >= 0.6 is 0 Å². The Labute approximate surface area is 124 Å². The summed E-state index contributed by atoms with van der Waals surface area (Å²) in [6.45, 7) is 5.97. The van der Waals surface area contributed by atoms with E-state index in [-0.39, 0.29) is 11.6 Å². The molecule has 0 atom stereocenters. The average Bonchev–Trinajstić information content (AvgIpc) is 2.44. The van der Waals surface area contributed by atoms with Crippen molar-refractivity contribution in [1.29, 1.82) is 0 Å². The number of ether oxygens (including phenoxy) is 1. The summed E-state index contributed by atoms with van der Waals surface area (Å²) in [5.41, 5.74) is 1.04. The minimum absolute atomic E-state index is 0.0965. The van der Waals surface area contributed by atoms with Crippen LogP contribution in [0.3, 0.4) is 0 Å². The number of carbonyl (C=O) groups is 1. The van der Waals surface area contributed by atoms with Crippen LogP contribution in [-0.4, -0.2) is 5.78 Å². The summed E-state index contributed by atoms with van der Waals surface area (Å²) in [6, 6.07) is 13.3. The number of hydrogen-bond donors (Lipinski definition) is 0. The van der Waals surface area contributed by atoms with Gasteiger partial charge in [-0.15, -0.1) is 0 Å². The first kappa shape index (κ1) is 15.2. The highest BCUT2D eigenvalue weighted by atomic mass is 19.1. The van der Waals surface area contributed by atoms with Crippen molar-refractivity contribution in [2.45, 2.75) is 27.4 Å². The zero-order valence-corrected chi connectivity index (χ0v) is 12.5. The Morgan fingerprint density at radius 1 is 1.10 bits per heavy atom. The number of halogens is 1. The summed E-state index contributed by atoms with van der Waals surface area (Å²) in [5.74, 6) is 0.478. The fraction of sp³-hybridized carbons (Fsp3) is 0.278. The molecule has 0 N–H and O–H groups in total. The van der Waals surface area contributed by atoms with Crippen LogP contribution in [0, 0.1) is 11.2 Å². The lowest BCUT2D eigenvalue weighted by atomic mass is 9.86. The van der Waals surface area contributed by atoms with E-state index in [1.165, 1.54) is 12.1 Å². The van der Waals surface area contributed by atoms with E-state index in [1.807, 2.05) is 20.8 Å². The van der Waals surface area contributed by atoms with Crippen LogP contribution in [0.15, 0.2) is 48.5 Å². The molecule has 0 aliphatic heterocycles. The molecule has 0 heterocycles. The molecule has 0 aliphatic carbocycles. The van der Waals surface area contributed by atoms with Gasteiger partial charge in [0.05, 0.1) is 0 Å². The quantitative estimate of drug-likeness (QED) is 0.766. The number of Topliss-reactive ketones (excluding diaryl/α,β-unsaturated/α-hetero) is 1. The highest BCUT2D eigenvalue weighted by Gasteiger charge is 2.22. The SMILES string of the molecule is CC(C)(C)C(=O)c1ccc(OCc2cccc(F)c2)cc1. The van der Waals surface area contributed by atoms with Gasteiger partial charge in [-0.1, -0.05) is 32.9 Å². The normalized spacial score (nSPS) is 11.2. The molecule has 0 fully saturated rings. The lowest BCUT2D eigenvalue weighted by Crippen LogP contribution is -2.19. The van der Waals surface area contributed by atoms with E-state index in [9.17, 15) is 9.18 Å². The van der Waals surface area contributed by atoms with E-state index in [0.717, 1.165) is 5.56 Å². The first-order valence-electron chi connectivity index (χ1n) is 6.88. The molecule has 110 valence electrons. The minimum atomic E-state index is -0.399. The largest absolute Gasteiger partial charge is 0.489 e. The molecule has 0 aromatic heterocycles. The van der Waals surface area contributed by atoms with Crippen LogP contribution < -0.4 is 4.74 Å². The van der Waals surface area contributed by atoms with Crippen LogP contribution in [0.2, 0.25) is 0 Å². The second-order valence-electron chi connectivity index (χ2n) is 6.02. The van der Waals surface area contributed by atoms with E-state index in [1.54, 1.807) is 36.4 Å². The molecule has 0 aliphatic rings. The molecule has 2 aromatic rings. The molecular weight excluding hydrogens is 267 g/mol. The van der Waals surface area contributed by atoms with Gasteiger partial charge in [0, 0.05) is 11.0 Å². The minimum Gasteiger partial charge on any atom is -0.489 e. The molecule has 0 saturated heterocycles. The third kappa shape index (κ3) is 4.15. The first-order valence-corrected chi connectivity index (χ1v) is 6.88. The summed E-state index contributed by atoms with van der Waals surface area (Å²) in [4.78, 5) is 12.1. The van der Waals surface area contributed by atoms with Gasteiger partial charge in [-0.3, -0.25) is 4.79 Å². The van der Waals surface area contributed by atoms with Gasteiger partial charge in [0.25, 0.3) is 0 Å². The number of ketones is 1. The first-order chi connectivity index (χ1) is 9.86. The molecule has 2 nitrogen and oxygen atoms in total. The Bertz CT molecular complexity index is 624. The number of carbonyl (C=O) groups excluding carboxylic acids is 1. The monoisotopic (exact) mass is 286 g/mol. The van der Waals surface area contributed by atoms with E-state index < -0.39 is 5.41 Å². The third-order valence-corrected chi connectivity index (χ3v) is 3.09. The van der Waals surface area contributed by atoms with Crippen molar-refractivity contribution in [2.75, 3.05) is 0 Å². The Balaban J connectivity index is 2.01. The molecule has 0 saturated carbocycles. The fourth-order valence-corrected chi connectivity index (χ4v) is 1.93.